The van der Waals surface area contributed by atoms with Gasteiger partial charge in [0.25, 0.3) is 5.12 Å². The van der Waals surface area contributed by atoms with Crippen molar-refractivity contribution < 1.29 is 1.37 Å². The molecule has 6 heteroatoms. The van der Waals surface area contributed by atoms with Gasteiger partial charge in [-0.05, 0) is 0 Å². The van der Waals surface area contributed by atoms with Gasteiger partial charge in [-0.15, -0.1) is 12.6 Å². The molecule has 11 heavy (non-hydrogen) atoms. The van der Waals surface area contributed by atoms with Crippen LogP contribution in [0.2, 0.25) is 0 Å². The smallest absolute Gasteiger partial charge is 0.251 e. The lowest BCUT2D eigenvalue weighted by molar-refractivity contribution is 0.694. The normalized spacial score (nSPS) is 35.5. The number of hydrogen-bond acceptors (Lipinski definition) is 6. The van der Waals surface area contributed by atoms with Crippen molar-refractivity contribution in [3.05, 3.63) is 0 Å². The van der Waals surface area contributed by atoms with E-state index in [4.69, 9.17) is 7.10 Å². The molecule has 0 aliphatic carbocycles. The summed E-state index contributed by atoms with van der Waals surface area (Å²) in [6, 6.07) is 0. The molecular formula is C5H5N5S. The summed E-state index contributed by atoms with van der Waals surface area (Å²) in [4.78, 5) is 15.1. The Morgan fingerprint density at radius 3 is 3.36 bits per heavy atom. The standard InChI is InChI=1S/C5H5N5S/c6-5(11)9-1-3-4(10-5)8-2-7-3/h1-2,11H,6H2/i2T. The lowest BCUT2D eigenvalue weighted by atomic mass is 10.3. The Labute approximate surface area is 69.7 Å². The van der Waals surface area contributed by atoms with E-state index < -0.39 is 5.12 Å². The zero-order chi connectivity index (χ0) is 8.77. The molecule has 0 spiro atoms. The number of rotatable bonds is 0. The molecule has 0 saturated heterocycles. The van der Waals surface area contributed by atoms with Crippen LogP contribution in [0.25, 0.3) is 0 Å². The van der Waals surface area contributed by atoms with Gasteiger partial charge in [0.2, 0.25) is 0 Å². The monoisotopic (exact) mass is 169 g/mol. The molecular weight excluding hydrogens is 162 g/mol. The number of hydrogen-bond donors (Lipinski definition) is 2. The van der Waals surface area contributed by atoms with Gasteiger partial charge in [-0.1, -0.05) is 0 Å². The van der Waals surface area contributed by atoms with Crippen molar-refractivity contribution in [3.63, 3.8) is 0 Å². The summed E-state index contributed by atoms with van der Waals surface area (Å²) in [5.41, 5.74) is 5.94. The molecule has 0 radical (unpaired) electrons. The maximum Gasteiger partial charge on any atom is 0.251 e. The maximum absolute atomic E-state index is 7.11. The van der Waals surface area contributed by atoms with Crippen molar-refractivity contribution >= 4 is 36.7 Å². The second-order valence-corrected chi connectivity index (χ2v) is 2.75. The van der Waals surface area contributed by atoms with E-state index in [-0.39, 0.29) is 6.31 Å². The van der Waals surface area contributed by atoms with Gasteiger partial charge in [-0.2, -0.15) is 0 Å². The van der Waals surface area contributed by atoms with Gasteiger partial charge in [0.1, 0.15) is 13.4 Å². The molecule has 2 aliphatic heterocycles. The Balaban J connectivity index is 2.46. The first-order valence-corrected chi connectivity index (χ1v) is 3.32. The van der Waals surface area contributed by atoms with E-state index in [1.165, 1.54) is 6.21 Å². The zero-order valence-electron chi connectivity index (χ0n) is 6.39. The summed E-state index contributed by atoms with van der Waals surface area (Å²) >= 11 is 3.94. The summed E-state index contributed by atoms with van der Waals surface area (Å²) in [5, 5.41) is -1.26. The van der Waals surface area contributed by atoms with E-state index in [1.807, 2.05) is 0 Å². The highest BCUT2D eigenvalue weighted by Crippen LogP contribution is 2.15. The minimum Gasteiger partial charge on any atom is -0.279 e. The van der Waals surface area contributed by atoms with Crippen LogP contribution in [-0.4, -0.2) is 29.2 Å². The Morgan fingerprint density at radius 2 is 2.55 bits per heavy atom. The largest absolute Gasteiger partial charge is 0.279 e. The van der Waals surface area contributed by atoms with Crippen molar-refractivity contribution in [3.8, 4) is 0 Å². The van der Waals surface area contributed by atoms with Crippen molar-refractivity contribution in [1.29, 1.82) is 0 Å². The summed E-state index contributed by atoms with van der Waals surface area (Å²) in [6.07, 6.45) is 1.33. The summed E-state index contributed by atoms with van der Waals surface area (Å²) in [5.74, 6) is 0.326. The van der Waals surface area contributed by atoms with Crippen LogP contribution in [0.1, 0.15) is 1.37 Å². The first-order chi connectivity index (χ1) is 5.57. The Kier molecular flexibility index (Phi) is 1.02. The summed E-state index contributed by atoms with van der Waals surface area (Å²) in [6.45, 7) is 0. The van der Waals surface area contributed by atoms with Crippen molar-refractivity contribution in [2.24, 2.45) is 25.7 Å². The highest BCUT2D eigenvalue weighted by molar-refractivity contribution is 7.81. The second-order valence-electron chi connectivity index (χ2n) is 2.09. The fraction of sp³-hybridized carbons (Fsp3) is 0.200. The predicted molar refractivity (Wildman–Crippen MR) is 47.8 cm³/mol. The van der Waals surface area contributed by atoms with Crippen molar-refractivity contribution in [1.82, 2.24) is 0 Å². The van der Waals surface area contributed by atoms with E-state index in [1.54, 1.807) is 0 Å². The van der Waals surface area contributed by atoms with Gasteiger partial charge in [-0.3, -0.25) is 5.73 Å². The highest BCUT2D eigenvalue weighted by Gasteiger charge is 2.24. The fourth-order valence-electron chi connectivity index (χ4n) is 0.743. The molecule has 0 aromatic heterocycles. The maximum atomic E-state index is 7.11. The van der Waals surface area contributed by atoms with Gasteiger partial charge in [0.05, 0.1) is 6.21 Å². The van der Waals surface area contributed by atoms with Crippen LogP contribution in [0.15, 0.2) is 20.0 Å². The molecule has 1 unspecified atom stereocenters. The minimum atomic E-state index is -1.26. The van der Waals surface area contributed by atoms with Crippen LogP contribution < -0.4 is 5.73 Å². The highest BCUT2D eigenvalue weighted by atomic mass is 32.1. The lowest BCUT2D eigenvalue weighted by Gasteiger charge is -2.16. The fourth-order valence-corrected chi connectivity index (χ4v) is 0.896. The lowest BCUT2D eigenvalue weighted by Crippen LogP contribution is -2.35. The quantitative estimate of drug-likeness (QED) is 0.370. The molecule has 0 bridgehead atoms. The molecule has 2 aliphatic rings. The zero-order valence-corrected chi connectivity index (χ0v) is 6.29. The number of amidine groups is 2. The number of aliphatic imine (C=N–C) groups is 4. The van der Waals surface area contributed by atoms with Crippen LogP contribution in [0.4, 0.5) is 0 Å². The molecule has 2 N–H and O–H groups in total. The number of nitrogens with zero attached hydrogens (tertiary/aromatic N) is 4. The Morgan fingerprint density at radius 1 is 1.73 bits per heavy atom. The molecule has 56 valence electrons. The van der Waals surface area contributed by atoms with E-state index in [0.717, 1.165) is 0 Å². The molecule has 2 heterocycles. The van der Waals surface area contributed by atoms with E-state index in [9.17, 15) is 0 Å². The van der Waals surface area contributed by atoms with Gasteiger partial charge in [-0.25, -0.2) is 20.0 Å². The van der Waals surface area contributed by atoms with Crippen LogP contribution in [-0.2, 0) is 0 Å². The summed E-state index contributed by atoms with van der Waals surface area (Å²) in [7, 11) is 0. The number of nitrogens with two attached hydrogens (primary N) is 1. The van der Waals surface area contributed by atoms with Gasteiger partial charge >= 0.3 is 0 Å². The third-order valence-electron chi connectivity index (χ3n) is 1.20. The second kappa shape index (κ2) is 1.99. The predicted octanol–water partition coefficient (Wildman–Crippen LogP) is -0.548. The molecule has 0 amide bonds. The third-order valence-corrected chi connectivity index (χ3v) is 1.42. The van der Waals surface area contributed by atoms with Gasteiger partial charge in [0.15, 0.2) is 5.84 Å². The van der Waals surface area contributed by atoms with Crippen LogP contribution in [0, 0.1) is 0 Å². The summed E-state index contributed by atoms with van der Waals surface area (Å²) < 4.78 is 7.11. The van der Waals surface area contributed by atoms with Crippen molar-refractivity contribution in [2.45, 2.75) is 5.12 Å². The first kappa shape index (κ1) is 5.62. The van der Waals surface area contributed by atoms with Gasteiger partial charge in [0, 0.05) is 0 Å². The molecule has 0 aromatic rings. The molecule has 1 atom stereocenters. The van der Waals surface area contributed by atoms with Crippen molar-refractivity contribution in [2.75, 3.05) is 0 Å². The minimum absolute atomic E-state index is 0.0822. The number of fused-ring (bicyclic) bond motifs is 1. The third kappa shape index (κ3) is 1.10. The average Bonchev–Trinajstić information content (AvgIpc) is 2.26. The SMILES string of the molecule is [3H]C1=NC2=NC(N)(S)N=CC2=N1. The van der Waals surface area contributed by atoms with Crippen LogP contribution in [0.5, 0.6) is 0 Å². The molecule has 5 nitrogen and oxygen atoms in total. The van der Waals surface area contributed by atoms with E-state index in [2.05, 4.69) is 32.6 Å². The van der Waals surface area contributed by atoms with Crippen LogP contribution in [0.3, 0.4) is 0 Å². The van der Waals surface area contributed by atoms with Crippen LogP contribution >= 0.6 is 12.6 Å². The molecule has 0 aromatic carbocycles. The average molecular weight is 169 g/mol. The van der Waals surface area contributed by atoms with Gasteiger partial charge < -0.3 is 0 Å². The molecule has 2 rings (SSSR count). The number of thiol groups is 1. The van der Waals surface area contributed by atoms with E-state index in [0.29, 0.717) is 11.5 Å². The topological polar surface area (TPSA) is 75.5 Å². The molecule has 0 saturated carbocycles. The first-order valence-electron chi connectivity index (χ1n) is 3.37. The Hall–Kier alpha value is -1.01. The van der Waals surface area contributed by atoms with E-state index >= 15 is 0 Å². The Bertz CT molecular complexity index is 353. The molecule has 0 fully saturated rings.